The van der Waals surface area contributed by atoms with Crippen LogP contribution in [0.25, 0.3) is 0 Å². The Bertz CT molecular complexity index is 196. The molecule has 0 heterocycles. The number of nitrogens with one attached hydrogen (secondary N) is 1. The Labute approximate surface area is 92.9 Å². The molecule has 0 spiro atoms. The van der Waals surface area contributed by atoms with Crippen LogP contribution < -0.4 is 5.32 Å². The topological polar surface area (TPSA) is 52.9 Å². The van der Waals surface area contributed by atoms with Crippen LogP contribution in [0.15, 0.2) is 0 Å². The van der Waals surface area contributed by atoms with Crippen molar-refractivity contribution in [3.8, 4) is 6.07 Å². The summed E-state index contributed by atoms with van der Waals surface area (Å²) in [6, 6.07) is 2.06. The van der Waals surface area contributed by atoms with Gasteiger partial charge in [0.05, 0.1) is 6.07 Å². The molecule has 0 saturated carbocycles. The van der Waals surface area contributed by atoms with Crippen LogP contribution in [-0.4, -0.2) is 12.5 Å². The molecule has 15 heavy (non-hydrogen) atoms. The molecule has 0 aromatic heterocycles. The van der Waals surface area contributed by atoms with Gasteiger partial charge < -0.3 is 5.32 Å². The molecule has 0 aromatic rings. The van der Waals surface area contributed by atoms with E-state index in [1.807, 2.05) is 0 Å². The van der Waals surface area contributed by atoms with Gasteiger partial charge in [-0.2, -0.15) is 5.26 Å². The van der Waals surface area contributed by atoms with Crippen LogP contribution in [0.1, 0.15) is 58.3 Å². The summed E-state index contributed by atoms with van der Waals surface area (Å²) in [5.74, 6) is 0.129. The highest BCUT2D eigenvalue weighted by molar-refractivity contribution is 5.75. The molecule has 3 heteroatoms. The smallest absolute Gasteiger partial charge is 0.219 e. The Balaban J connectivity index is 3.16. The molecule has 0 aliphatic carbocycles. The lowest BCUT2D eigenvalue weighted by Crippen LogP contribution is -2.23. The second kappa shape index (κ2) is 11.0. The third-order valence-electron chi connectivity index (χ3n) is 2.29. The number of nitrogens with zero attached hydrogens (tertiary/aromatic N) is 1. The molecule has 0 aromatic carbocycles. The standard InChI is InChI=1S/C12H22N2O/c1-2-3-4-5-6-9-12(15)14-11-8-7-10-13/h2-9,11H2,1H3,(H,14,15). The Morgan fingerprint density at radius 3 is 2.60 bits per heavy atom. The Kier molecular flexibility index (Phi) is 10.3. The number of hydrogen-bond donors (Lipinski definition) is 1. The molecule has 0 aliphatic heterocycles. The van der Waals surface area contributed by atoms with E-state index in [9.17, 15) is 4.79 Å². The van der Waals surface area contributed by atoms with Crippen molar-refractivity contribution in [1.29, 1.82) is 5.26 Å². The molecule has 0 aliphatic rings. The third kappa shape index (κ3) is 10.9. The summed E-state index contributed by atoms with van der Waals surface area (Å²) in [5.41, 5.74) is 0. The van der Waals surface area contributed by atoms with E-state index in [-0.39, 0.29) is 5.91 Å². The van der Waals surface area contributed by atoms with Gasteiger partial charge in [-0.3, -0.25) is 4.79 Å². The van der Waals surface area contributed by atoms with Crippen LogP contribution in [0.5, 0.6) is 0 Å². The van der Waals surface area contributed by atoms with Gasteiger partial charge in [0.25, 0.3) is 0 Å². The maximum absolute atomic E-state index is 11.2. The van der Waals surface area contributed by atoms with Gasteiger partial charge in [-0.1, -0.05) is 32.6 Å². The summed E-state index contributed by atoms with van der Waals surface area (Å²) in [7, 11) is 0. The summed E-state index contributed by atoms with van der Waals surface area (Å²) in [6.07, 6.45) is 7.80. The average molecular weight is 210 g/mol. The van der Waals surface area contributed by atoms with Crippen LogP contribution in [0, 0.1) is 11.3 Å². The van der Waals surface area contributed by atoms with Gasteiger partial charge in [0.15, 0.2) is 0 Å². The van der Waals surface area contributed by atoms with Crippen LogP contribution in [0.4, 0.5) is 0 Å². The van der Waals surface area contributed by atoms with E-state index in [1.54, 1.807) is 0 Å². The molecule has 0 radical (unpaired) electrons. The van der Waals surface area contributed by atoms with Crippen molar-refractivity contribution in [2.45, 2.75) is 58.3 Å². The number of carbonyl (C=O) groups excluding carboxylic acids is 1. The fourth-order valence-corrected chi connectivity index (χ4v) is 1.37. The SMILES string of the molecule is CCCCCCCC(=O)NCCCC#N. The number of hydrogen-bond acceptors (Lipinski definition) is 2. The predicted molar refractivity (Wildman–Crippen MR) is 61.2 cm³/mol. The maximum atomic E-state index is 11.2. The quantitative estimate of drug-likeness (QED) is 0.595. The lowest BCUT2D eigenvalue weighted by atomic mass is 10.1. The minimum absolute atomic E-state index is 0.129. The zero-order chi connectivity index (χ0) is 11.4. The van der Waals surface area contributed by atoms with E-state index in [0.29, 0.717) is 19.4 Å². The van der Waals surface area contributed by atoms with Crippen LogP contribution >= 0.6 is 0 Å². The van der Waals surface area contributed by atoms with Gasteiger partial charge in [-0.15, -0.1) is 0 Å². The van der Waals surface area contributed by atoms with Gasteiger partial charge in [-0.05, 0) is 12.8 Å². The van der Waals surface area contributed by atoms with E-state index in [4.69, 9.17) is 5.26 Å². The molecule has 0 atom stereocenters. The lowest BCUT2D eigenvalue weighted by Gasteiger charge is -2.03. The van der Waals surface area contributed by atoms with Crippen LogP contribution in [0.2, 0.25) is 0 Å². The molecule has 1 N–H and O–H groups in total. The normalized spacial score (nSPS) is 9.60. The maximum Gasteiger partial charge on any atom is 0.219 e. The molecule has 0 bridgehead atoms. The van der Waals surface area contributed by atoms with Crippen molar-refractivity contribution in [3.63, 3.8) is 0 Å². The zero-order valence-electron chi connectivity index (χ0n) is 9.72. The van der Waals surface area contributed by atoms with Gasteiger partial charge >= 0.3 is 0 Å². The number of unbranched alkanes of at least 4 members (excludes halogenated alkanes) is 5. The molecule has 86 valence electrons. The summed E-state index contributed by atoms with van der Waals surface area (Å²) in [5, 5.41) is 11.1. The van der Waals surface area contributed by atoms with E-state index < -0.39 is 0 Å². The van der Waals surface area contributed by atoms with E-state index in [1.165, 1.54) is 19.3 Å². The highest BCUT2D eigenvalue weighted by atomic mass is 16.1. The zero-order valence-corrected chi connectivity index (χ0v) is 9.72. The first kappa shape index (κ1) is 14.0. The summed E-state index contributed by atoms with van der Waals surface area (Å²) in [4.78, 5) is 11.2. The molecular formula is C12H22N2O. The molecule has 1 amide bonds. The average Bonchev–Trinajstić information content (AvgIpc) is 2.24. The van der Waals surface area contributed by atoms with Crippen LogP contribution in [-0.2, 0) is 4.79 Å². The van der Waals surface area contributed by atoms with Crippen molar-refractivity contribution in [1.82, 2.24) is 5.32 Å². The molecular weight excluding hydrogens is 188 g/mol. The second-order valence-corrected chi connectivity index (χ2v) is 3.78. The number of amides is 1. The summed E-state index contributed by atoms with van der Waals surface area (Å²) in [6.45, 7) is 2.82. The highest BCUT2D eigenvalue weighted by Crippen LogP contribution is 2.04. The predicted octanol–water partition coefficient (Wildman–Crippen LogP) is 2.77. The molecule has 0 rings (SSSR count). The van der Waals surface area contributed by atoms with Crippen molar-refractivity contribution >= 4 is 5.91 Å². The van der Waals surface area contributed by atoms with Crippen molar-refractivity contribution < 1.29 is 4.79 Å². The number of nitriles is 1. The van der Waals surface area contributed by atoms with E-state index in [0.717, 1.165) is 19.3 Å². The van der Waals surface area contributed by atoms with Gasteiger partial charge in [0.1, 0.15) is 0 Å². The highest BCUT2D eigenvalue weighted by Gasteiger charge is 1.99. The first-order valence-electron chi connectivity index (χ1n) is 5.95. The summed E-state index contributed by atoms with van der Waals surface area (Å²) >= 11 is 0. The monoisotopic (exact) mass is 210 g/mol. The Hall–Kier alpha value is -1.04. The van der Waals surface area contributed by atoms with Gasteiger partial charge in [-0.25, -0.2) is 0 Å². The van der Waals surface area contributed by atoms with Gasteiger partial charge in [0, 0.05) is 19.4 Å². The number of rotatable bonds is 9. The Morgan fingerprint density at radius 1 is 1.20 bits per heavy atom. The second-order valence-electron chi connectivity index (χ2n) is 3.78. The van der Waals surface area contributed by atoms with Crippen LogP contribution in [0.3, 0.4) is 0 Å². The minimum atomic E-state index is 0.129. The van der Waals surface area contributed by atoms with Crippen molar-refractivity contribution in [2.75, 3.05) is 6.54 Å². The molecule has 0 fully saturated rings. The van der Waals surface area contributed by atoms with E-state index >= 15 is 0 Å². The molecule has 0 unspecified atom stereocenters. The largest absolute Gasteiger partial charge is 0.356 e. The first-order valence-corrected chi connectivity index (χ1v) is 5.95. The number of carbonyl (C=O) groups is 1. The van der Waals surface area contributed by atoms with Crippen molar-refractivity contribution in [2.24, 2.45) is 0 Å². The lowest BCUT2D eigenvalue weighted by molar-refractivity contribution is -0.121. The fraction of sp³-hybridized carbons (Fsp3) is 0.833. The fourth-order valence-electron chi connectivity index (χ4n) is 1.37. The minimum Gasteiger partial charge on any atom is -0.356 e. The van der Waals surface area contributed by atoms with E-state index in [2.05, 4.69) is 18.3 Å². The van der Waals surface area contributed by atoms with Gasteiger partial charge in [0.2, 0.25) is 5.91 Å². The first-order chi connectivity index (χ1) is 7.31. The molecule has 3 nitrogen and oxygen atoms in total. The Morgan fingerprint density at radius 2 is 1.93 bits per heavy atom. The third-order valence-corrected chi connectivity index (χ3v) is 2.29. The summed E-state index contributed by atoms with van der Waals surface area (Å²) < 4.78 is 0. The molecule has 0 saturated heterocycles. The van der Waals surface area contributed by atoms with Crippen molar-refractivity contribution in [3.05, 3.63) is 0 Å².